The minimum absolute atomic E-state index is 0.123. The summed E-state index contributed by atoms with van der Waals surface area (Å²) in [7, 11) is 1.58. The summed E-state index contributed by atoms with van der Waals surface area (Å²) in [5, 5.41) is 6.80. The third kappa shape index (κ3) is 3.26. The summed E-state index contributed by atoms with van der Waals surface area (Å²) in [6.07, 6.45) is 2.58. The van der Waals surface area contributed by atoms with Crippen LogP contribution in [0.1, 0.15) is 23.0 Å². The smallest absolute Gasteiger partial charge is 0.271 e. The molecule has 1 unspecified atom stereocenters. The van der Waals surface area contributed by atoms with Crippen molar-refractivity contribution in [2.45, 2.75) is 19.4 Å². The zero-order valence-corrected chi connectivity index (χ0v) is 13.0. The molecule has 0 bridgehead atoms. The Bertz CT molecular complexity index is 621. The Labute approximate surface area is 126 Å². The molecule has 5 nitrogen and oxygen atoms in total. The molecule has 1 heterocycles. The normalized spacial score (nSPS) is 12.2. The molecule has 6 heteroatoms. The summed E-state index contributed by atoms with van der Waals surface area (Å²) >= 11 is 3.53. The molecule has 0 aliphatic rings. The minimum Gasteiger partial charge on any atom is -0.354 e. The van der Waals surface area contributed by atoms with Crippen molar-refractivity contribution in [1.82, 2.24) is 15.1 Å². The minimum atomic E-state index is -0.201. The lowest BCUT2D eigenvalue weighted by atomic mass is 10.1. The second kappa shape index (κ2) is 6.19. The lowest BCUT2D eigenvalue weighted by Gasteiger charge is -2.09. The van der Waals surface area contributed by atoms with Crippen LogP contribution in [0.3, 0.4) is 0 Å². The van der Waals surface area contributed by atoms with Gasteiger partial charge < -0.3 is 11.1 Å². The molecule has 3 N–H and O–H groups in total. The van der Waals surface area contributed by atoms with Gasteiger partial charge in [-0.15, -0.1) is 0 Å². The van der Waals surface area contributed by atoms with Gasteiger partial charge in [-0.05, 0) is 53.0 Å². The highest BCUT2D eigenvalue weighted by molar-refractivity contribution is 9.10. The number of nitrogens with zero attached hydrogens (tertiary/aromatic N) is 2. The van der Waals surface area contributed by atoms with Gasteiger partial charge in [0, 0.05) is 23.8 Å². The van der Waals surface area contributed by atoms with Crippen molar-refractivity contribution in [3.8, 4) is 5.69 Å². The van der Waals surface area contributed by atoms with Crippen molar-refractivity contribution in [3.05, 3.63) is 46.2 Å². The van der Waals surface area contributed by atoms with Crippen LogP contribution in [0.4, 0.5) is 0 Å². The van der Waals surface area contributed by atoms with Gasteiger partial charge in [0.1, 0.15) is 0 Å². The van der Waals surface area contributed by atoms with Crippen molar-refractivity contribution >= 4 is 21.8 Å². The molecular weight excluding hydrogens is 320 g/mol. The average molecular weight is 337 g/mol. The van der Waals surface area contributed by atoms with Crippen LogP contribution in [0.2, 0.25) is 0 Å². The highest BCUT2D eigenvalue weighted by Crippen LogP contribution is 2.22. The lowest BCUT2D eigenvalue weighted by Crippen LogP contribution is -2.18. The Morgan fingerprint density at radius 3 is 2.85 bits per heavy atom. The number of rotatable bonds is 4. The van der Waals surface area contributed by atoms with E-state index in [0.717, 1.165) is 22.1 Å². The number of hydrogen-bond donors (Lipinski definition) is 2. The van der Waals surface area contributed by atoms with Crippen molar-refractivity contribution in [2.75, 3.05) is 7.05 Å². The summed E-state index contributed by atoms with van der Waals surface area (Å²) in [5.41, 5.74) is 8.23. The van der Waals surface area contributed by atoms with Crippen LogP contribution in [0, 0.1) is 0 Å². The van der Waals surface area contributed by atoms with E-state index < -0.39 is 0 Å². The predicted octanol–water partition coefficient (Wildman–Crippen LogP) is 1.88. The SMILES string of the molecule is CNC(=O)c1ccn(-c2ccc(CC(C)N)cc2Br)n1. The van der Waals surface area contributed by atoms with E-state index >= 15 is 0 Å². The summed E-state index contributed by atoms with van der Waals surface area (Å²) in [6.45, 7) is 1.98. The molecule has 2 rings (SSSR count). The van der Waals surface area contributed by atoms with Crippen LogP contribution >= 0.6 is 15.9 Å². The van der Waals surface area contributed by atoms with Crippen molar-refractivity contribution in [2.24, 2.45) is 5.73 Å². The highest BCUT2D eigenvalue weighted by Gasteiger charge is 2.10. The van der Waals surface area contributed by atoms with Crippen LogP contribution in [0.5, 0.6) is 0 Å². The largest absolute Gasteiger partial charge is 0.354 e. The first-order valence-electron chi connectivity index (χ1n) is 6.33. The molecule has 0 spiro atoms. The van der Waals surface area contributed by atoms with Crippen LogP contribution in [0.15, 0.2) is 34.9 Å². The summed E-state index contributed by atoms with van der Waals surface area (Å²) < 4.78 is 2.59. The first kappa shape index (κ1) is 14.7. The number of carbonyl (C=O) groups excluding carboxylic acids is 1. The lowest BCUT2D eigenvalue weighted by molar-refractivity contribution is 0.0957. The summed E-state index contributed by atoms with van der Waals surface area (Å²) in [6, 6.07) is 7.81. The van der Waals surface area contributed by atoms with Gasteiger partial charge >= 0.3 is 0 Å². The standard InChI is InChI=1S/C14H17BrN4O/c1-9(16)7-10-3-4-13(11(15)8-10)19-6-5-12(18-19)14(20)17-2/h3-6,8-9H,7,16H2,1-2H3,(H,17,20). The zero-order chi connectivity index (χ0) is 14.7. The predicted molar refractivity (Wildman–Crippen MR) is 82.0 cm³/mol. The first-order valence-corrected chi connectivity index (χ1v) is 7.12. The van der Waals surface area contributed by atoms with Gasteiger partial charge in [0.15, 0.2) is 5.69 Å². The number of aromatic nitrogens is 2. The Balaban J connectivity index is 2.29. The van der Waals surface area contributed by atoms with Crippen molar-refractivity contribution < 1.29 is 4.79 Å². The topological polar surface area (TPSA) is 72.9 Å². The van der Waals surface area contributed by atoms with E-state index in [4.69, 9.17) is 5.73 Å². The van der Waals surface area contributed by atoms with E-state index in [2.05, 4.69) is 26.3 Å². The molecule has 0 saturated carbocycles. The number of nitrogens with two attached hydrogens (primary N) is 1. The Hall–Kier alpha value is -1.66. The van der Waals surface area contributed by atoms with E-state index in [-0.39, 0.29) is 11.9 Å². The molecule has 1 aromatic carbocycles. The summed E-state index contributed by atoms with van der Waals surface area (Å²) in [4.78, 5) is 11.5. The molecular formula is C14H17BrN4O. The molecule has 106 valence electrons. The van der Waals surface area contributed by atoms with Crippen LogP contribution in [-0.2, 0) is 6.42 Å². The molecule has 2 aromatic rings. The average Bonchev–Trinajstić information content (AvgIpc) is 2.86. The van der Waals surface area contributed by atoms with Crippen molar-refractivity contribution in [1.29, 1.82) is 0 Å². The molecule has 0 aliphatic heterocycles. The van der Waals surface area contributed by atoms with Gasteiger partial charge in [0.05, 0.1) is 5.69 Å². The first-order chi connectivity index (χ1) is 9.51. The number of halogens is 1. The number of nitrogens with one attached hydrogen (secondary N) is 1. The third-order valence-electron chi connectivity index (χ3n) is 2.87. The number of hydrogen-bond acceptors (Lipinski definition) is 3. The molecule has 0 fully saturated rings. The van der Waals surface area contributed by atoms with Crippen LogP contribution in [-0.4, -0.2) is 28.8 Å². The number of amides is 1. The van der Waals surface area contributed by atoms with Crippen molar-refractivity contribution in [3.63, 3.8) is 0 Å². The van der Waals surface area contributed by atoms with E-state index in [1.807, 2.05) is 25.1 Å². The van der Waals surface area contributed by atoms with E-state index in [0.29, 0.717) is 5.69 Å². The number of carbonyl (C=O) groups is 1. The number of benzene rings is 1. The quantitative estimate of drug-likeness (QED) is 0.895. The fourth-order valence-corrected chi connectivity index (χ4v) is 2.55. The molecule has 0 aliphatic carbocycles. The molecule has 1 aromatic heterocycles. The monoisotopic (exact) mass is 336 g/mol. The second-order valence-electron chi connectivity index (χ2n) is 4.69. The third-order valence-corrected chi connectivity index (χ3v) is 3.50. The fraction of sp³-hybridized carbons (Fsp3) is 0.286. The van der Waals surface area contributed by atoms with E-state index in [9.17, 15) is 4.79 Å². The fourth-order valence-electron chi connectivity index (χ4n) is 1.94. The second-order valence-corrected chi connectivity index (χ2v) is 5.55. The summed E-state index contributed by atoms with van der Waals surface area (Å²) in [5.74, 6) is -0.201. The Morgan fingerprint density at radius 2 is 2.25 bits per heavy atom. The van der Waals surface area contributed by atoms with E-state index in [1.165, 1.54) is 0 Å². The highest BCUT2D eigenvalue weighted by atomic mass is 79.9. The maximum absolute atomic E-state index is 11.5. The van der Waals surface area contributed by atoms with Crippen LogP contribution < -0.4 is 11.1 Å². The van der Waals surface area contributed by atoms with Gasteiger partial charge in [0.2, 0.25) is 0 Å². The van der Waals surface area contributed by atoms with Gasteiger partial charge in [0.25, 0.3) is 5.91 Å². The molecule has 0 radical (unpaired) electrons. The zero-order valence-electron chi connectivity index (χ0n) is 11.4. The van der Waals surface area contributed by atoms with Crippen LogP contribution in [0.25, 0.3) is 5.69 Å². The molecule has 1 atom stereocenters. The molecule has 20 heavy (non-hydrogen) atoms. The van der Waals surface area contributed by atoms with Gasteiger partial charge in [-0.1, -0.05) is 6.07 Å². The molecule has 0 saturated heterocycles. The van der Waals surface area contributed by atoms with Gasteiger partial charge in [-0.3, -0.25) is 4.79 Å². The van der Waals surface area contributed by atoms with Gasteiger partial charge in [-0.2, -0.15) is 5.10 Å². The maximum atomic E-state index is 11.5. The molecule has 1 amide bonds. The Kier molecular flexibility index (Phi) is 4.57. The van der Waals surface area contributed by atoms with E-state index in [1.54, 1.807) is 24.0 Å². The van der Waals surface area contributed by atoms with Gasteiger partial charge in [-0.25, -0.2) is 4.68 Å². The Morgan fingerprint density at radius 1 is 1.50 bits per heavy atom. The maximum Gasteiger partial charge on any atom is 0.271 e.